The highest BCUT2D eigenvalue weighted by Gasteiger charge is 2.13. The van der Waals surface area contributed by atoms with Crippen molar-refractivity contribution in [2.24, 2.45) is 5.92 Å². The molecule has 0 aliphatic carbocycles. The van der Waals surface area contributed by atoms with Gasteiger partial charge in [0.25, 0.3) is 0 Å². The van der Waals surface area contributed by atoms with Gasteiger partial charge in [-0.1, -0.05) is 25.4 Å². The Morgan fingerprint density at radius 2 is 2.28 bits per heavy atom. The first-order valence-electron chi connectivity index (χ1n) is 5.81. The first kappa shape index (κ1) is 14.7. The summed E-state index contributed by atoms with van der Waals surface area (Å²) in [6.07, 6.45) is 2.26. The first-order valence-corrected chi connectivity index (χ1v) is 6.19. The molecule has 100 valence electrons. The molecule has 1 rings (SSSR count). The van der Waals surface area contributed by atoms with Gasteiger partial charge in [0, 0.05) is 6.20 Å². The molecule has 3 N–H and O–H groups in total. The molecule has 6 heteroatoms. The van der Waals surface area contributed by atoms with Gasteiger partial charge in [-0.2, -0.15) is 0 Å². The van der Waals surface area contributed by atoms with Crippen LogP contribution in [0.3, 0.4) is 0 Å². The molecule has 0 aromatic carbocycles. The minimum Gasteiger partial charge on any atom is -0.394 e. The fourth-order valence-electron chi connectivity index (χ4n) is 1.57. The van der Waals surface area contributed by atoms with Gasteiger partial charge in [-0.15, -0.1) is 0 Å². The second kappa shape index (κ2) is 7.18. The van der Waals surface area contributed by atoms with E-state index in [1.54, 1.807) is 18.3 Å². The molecular weight excluding hydrogens is 254 g/mol. The number of carbonyl (C=O) groups is 1. The molecule has 0 aliphatic rings. The van der Waals surface area contributed by atoms with Gasteiger partial charge in [0.2, 0.25) is 0 Å². The summed E-state index contributed by atoms with van der Waals surface area (Å²) >= 11 is 5.82. The summed E-state index contributed by atoms with van der Waals surface area (Å²) < 4.78 is 0. The minimum absolute atomic E-state index is 0.0909. The van der Waals surface area contributed by atoms with Gasteiger partial charge in [-0.25, -0.2) is 9.78 Å². The lowest BCUT2D eigenvalue weighted by molar-refractivity contribution is 0.214. The zero-order valence-corrected chi connectivity index (χ0v) is 11.2. The van der Waals surface area contributed by atoms with Crippen LogP contribution in [-0.4, -0.2) is 28.8 Å². The van der Waals surface area contributed by atoms with Crippen LogP contribution in [0.5, 0.6) is 0 Å². The van der Waals surface area contributed by atoms with Crippen molar-refractivity contribution >= 4 is 23.3 Å². The van der Waals surface area contributed by atoms with Crippen molar-refractivity contribution in [1.82, 2.24) is 10.3 Å². The summed E-state index contributed by atoms with van der Waals surface area (Å²) in [5, 5.41) is 14.7. The molecule has 5 nitrogen and oxygen atoms in total. The number of hydrogen-bond donors (Lipinski definition) is 3. The third-order valence-electron chi connectivity index (χ3n) is 2.32. The van der Waals surface area contributed by atoms with Crippen LogP contribution in [-0.2, 0) is 0 Å². The monoisotopic (exact) mass is 271 g/mol. The van der Waals surface area contributed by atoms with E-state index in [1.165, 1.54) is 0 Å². The van der Waals surface area contributed by atoms with Crippen molar-refractivity contribution in [3.05, 3.63) is 23.5 Å². The second-order valence-electron chi connectivity index (χ2n) is 4.45. The number of nitrogens with one attached hydrogen (secondary N) is 2. The van der Waals surface area contributed by atoms with Gasteiger partial charge >= 0.3 is 6.03 Å². The Kier molecular flexibility index (Phi) is 5.88. The maximum absolute atomic E-state index is 11.7. The molecule has 1 heterocycles. The van der Waals surface area contributed by atoms with Crippen molar-refractivity contribution in [2.45, 2.75) is 26.3 Å². The molecule has 0 saturated heterocycles. The Morgan fingerprint density at radius 1 is 1.56 bits per heavy atom. The molecule has 18 heavy (non-hydrogen) atoms. The predicted octanol–water partition coefficient (Wildman–Crippen LogP) is 2.26. The number of urea groups is 1. The quantitative estimate of drug-likeness (QED) is 0.719. The smallest absolute Gasteiger partial charge is 0.319 e. The van der Waals surface area contributed by atoms with Crippen LogP contribution in [0.15, 0.2) is 18.3 Å². The van der Waals surface area contributed by atoms with E-state index in [0.29, 0.717) is 18.0 Å². The number of nitrogens with zero attached hydrogens (tertiary/aromatic N) is 1. The van der Waals surface area contributed by atoms with E-state index in [0.717, 1.165) is 0 Å². The number of amides is 2. The van der Waals surface area contributed by atoms with E-state index in [2.05, 4.69) is 15.6 Å². The van der Waals surface area contributed by atoms with Gasteiger partial charge in [0.05, 0.1) is 18.3 Å². The normalized spacial score (nSPS) is 12.3. The summed E-state index contributed by atoms with van der Waals surface area (Å²) in [5.74, 6) is 0.393. The van der Waals surface area contributed by atoms with Gasteiger partial charge < -0.3 is 15.7 Å². The highest BCUT2D eigenvalue weighted by atomic mass is 35.5. The van der Waals surface area contributed by atoms with Crippen molar-refractivity contribution in [3.63, 3.8) is 0 Å². The minimum atomic E-state index is -0.399. The Morgan fingerprint density at radius 3 is 2.83 bits per heavy atom. The van der Waals surface area contributed by atoms with E-state index in [4.69, 9.17) is 16.7 Å². The molecule has 0 bridgehead atoms. The maximum atomic E-state index is 11.7. The topological polar surface area (TPSA) is 74.2 Å². The fourth-order valence-corrected chi connectivity index (χ4v) is 1.74. The molecule has 0 radical (unpaired) electrons. The third kappa shape index (κ3) is 4.89. The lowest BCUT2D eigenvalue weighted by atomic mass is 10.0. The number of pyridine rings is 1. The van der Waals surface area contributed by atoms with Gasteiger partial charge in [-0.3, -0.25) is 0 Å². The number of halogens is 1. The van der Waals surface area contributed by atoms with Gasteiger partial charge in [-0.05, 0) is 24.5 Å². The summed E-state index contributed by atoms with van der Waals surface area (Å²) in [6, 6.07) is 2.68. The average molecular weight is 272 g/mol. The first-order chi connectivity index (χ1) is 8.52. The summed E-state index contributed by atoms with van der Waals surface area (Å²) in [5.41, 5.74) is 0.443. The van der Waals surface area contributed by atoms with E-state index in [-0.39, 0.29) is 17.8 Å². The third-order valence-corrected chi connectivity index (χ3v) is 2.62. The van der Waals surface area contributed by atoms with Crippen molar-refractivity contribution in [3.8, 4) is 0 Å². The number of aromatic nitrogens is 1. The van der Waals surface area contributed by atoms with E-state index in [9.17, 15) is 4.79 Å². The standard InChI is InChI=1S/C12H18ClN3O2/c1-8(2)6-9(7-17)15-12(18)16-10-4-3-5-14-11(10)13/h3-5,8-9,17H,6-7H2,1-2H3,(H2,15,16,18). The maximum Gasteiger partial charge on any atom is 0.319 e. The van der Waals surface area contributed by atoms with Crippen molar-refractivity contribution in [2.75, 3.05) is 11.9 Å². The molecule has 2 amide bonds. The fraction of sp³-hybridized carbons (Fsp3) is 0.500. The molecule has 1 atom stereocenters. The molecule has 0 saturated carbocycles. The largest absolute Gasteiger partial charge is 0.394 e. The SMILES string of the molecule is CC(C)CC(CO)NC(=O)Nc1cccnc1Cl. The summed E-state index contributed by atoms with van der Waals surface area (Å²) in [7, 11) is 0. The molecular formula is C12H18ClN3O2. The molecule has 1 aromatic heterocycles. The Balaban J connectivity index is 2.53. The van der Waals surface area contributed by atoms with Crippen LogP contribution in [0.2, 0.25) is 5.15 Å². The van der Waals surface area contributed by atoms with E-state index < -0.39 is 6.03 Å². The number of hydrogen-bond acceptors (Lipinski definition) is 3. The van der Waals surface area contributed by atoms with Crippen LogP contribution in [0, 0.1) is 5.92 Å². The Labute approximate surface area is 112 Å². The number of anilines is 1. The number of aliphatic hydroxyl groups excluding tert-OH is 1. The number of aliphatic hydroxyl groups is 1. The van der Waals surface area contributed by atoms with Crippen LogP contribution >= 0.6 is 11.6 Å². The van der Waals surface area contributed by atoms with E-state index in [1.807, 2.05) is 13.8 Å². The van der Waals surface area contributed by atoms with Crippen molar-refractivity contribution < 1.29 is 9.90 Å². The average Bonchev–Trinajstić information content (AvgIpc) is 2.30. The van der Waals surface area contributed by atoms with Crippen LogP contribution in [0.25, 0.3) is 0 Å². The van der Waals surface area contributed by atoms with Crippen LogP contribution < -0.4 is 10.6 Å². The predicted molar refractivity (Wildman–Crippen MR) is 71.7 cm³/mol. The van der Waals surface area contributed by atoms with E-state index >= 15 is 0 Å². The summed E-state index contributed by atoms with van der Waals surface area (Å²) in [4.78, 5) is 15.5. The molecule has 0 fully saturated rings. The molecule has 0 spiro atoms. The molecule has 1 aromatic rings. The summed E-state index contributed by atoms with van der Waals surface area (Å²) in [6.45, 7) is 3.97. The lowest BCUT2D eigenvalue weighted by Gasteiger charge is -2.18. The Bertz CT molecular complexity index is 399. The van der Waals surface area contributed by atoms with Gasteiger partial charge in [0.1, 0.15) is 0 Å². The van der Waals surface area contributed by atoms with Crippen molar-refractivity contribution in [1.29, 1.82) is 0 Å². The number of carbonyl (C=O) groups excluding carboxylic acids is 1. The Hall–Kier alpha value is -1.33. The zero-order chi connectivity index (χ0) is 13.5. The highest BCUT2D eigenvalue weighted by molar-refractivity contribution is 6.32. The zero-order valence-electron chi connectivity index (χ0n) is 10.5. The molecule has 1 unspecified atom stereocenters. The molecule has 0 aliphatic heterocycles. The second-order valence-corrected chi connectivity index (χ2v) is 4.81. The lowest BCUT2D eigenvalue weighted by Crippen LogP contribution is -2.41. The van der Waals surface area contributed by atoms with Crippen LogP contribution in [0.4, 0.5) is 10.5 Å². The number of rotatable bonds is 5. The van der Waals surface area contributed by atoms with Gasteiger partial charge in [0.15, 0.2) is 5.15 Å². The highest BCUT2D eigenvalue weighted by Crippen LogP contribution is 2.17. The van der Waals surface area contributed by atoms with Crippen LogP contribution in [0.1, 0.15) is 20.3 Å².